The average molecular weight is 242 g/mol. The summed E-state index contributed by atoms with van der Waals surface area (Å²) in [7, 11) is 0. The molecule has 0 amide bonds. The minimum Gasteiger partial charge on any atom is -0.375 e. The molecule has 0 radical (unpaired) electrons. The zero-order valence-corrected chi connectivity index (χ0v) is 10.9. The fourth-order valence-corrected chi connectivity index (χ4v) is 3.01. The van der Waals surface area contributed by atoms with Crippen molar-refractivity contribution in [3.8, 4) is 0 Å². The molecule has 1 aliphatic carbocycles. The fraction of sp³-hybridized carbons (Fsp3) is 0.438. The summed E-state index contributed by atoms with van der Waals surface area (Å²) in [6, 6.07) is 10.0. The molecule has 0 saturated carbocycles. The summed E-state index contributed by atoms with van der Waals surface area (Å²) in [4.78, 5) is 12.2. The summed E-state index contributed by atoms with van der Waals surface area (Å²) in [5.41, 5.74) is 3.19. The van der Waals surface area contributed by atoms with Gasteiger partial charge in [0, 0.05) is 17.9 Å². The molecule has 2 nitrogen and oxygen atoms in total. The molecule has 0 bridgehead atoms. The van der Waals surface area contributed by atoms with Crippen LogP contribution in [0.1, 0.15) is 32.3 Å². The number of carbonyl (C=O) groups excluding carboxylic acids is 1. The molecule has 1 aromatic rings. The van der Waals surface area contributed by atoms with Crippen LogP contribution in [0.25, 0.3) is 5.57 Å². The predicted octanol–water partition coefficient (Wildman–Crippen LogP) is 3.23. The third-order valence-corrected chi connectivity index (χ3v) is 3.88. The standard InChI is InChI=1S/C16H18O2/c1-16(2)9-13-12(10-18-16)8-14(17)15(13)11-6-4-3-5-7-11/h3-7,12H,8-10H2,1-2H3. The van der Waals surface area contributed by atoms with Crippen LogP contribution in [0.3, 0.4) is 0 Å². The molecule has 0 N–H and O–H groups in total. The van der Waals surface area contributed by atoms with E-state index in [0.29, 0.717) is 18.9 Å². The second-order valence-corrected chi connectivity index (χ2v) is 5.84. The Morgan fingerprint density at radius 2 is 1.94 bits per heavy atom. The quantitative estimate of drug-likeness (QED) is 0.755. The molecule has 1 atom stereocenters. The first-order valence-corrected chi connectivity index (χ1v) is 6.52. The summed E-state index contributed by atoms with van der Waals surface area (Å²) >= 11 is 0. The second-order valence-electron chi connectivity index (χ2n) is 5.84. The molecule has 1 unspecified atom stereocenters. The Bertz CT molecular complexity index is 511. The van der Waals surface area contributed by atoms with Gasteiger partial charge >= 0.3 is 0 Å². The number of carbonyl (C=O) groups is 1. The zero-order valence-electron chi connectivity index (χ0n) is 10.9. The van der Waals surface area contributed by atoms with Gasteiger partial charge in [-0.3, -0.25) is 4.79 Å². The van der Waals surface area contributed by atoms with E-state index in [0.717, 1.165) is 17.6 Å². The molecule has 1 fully saturated rings. The molecule has 1 aromatic carbocycles. The Morgan fingerprint density at radius 1 is 1.22 bits per heavy atom. The molecule has 2 aliphatic rings. The largest absolute Gasteiger partial charge is 0.375 e. The minimum atomic E-state index is -0.142. The Labute approximate surface area is 108 Å². The van der Waals surface area contributed by atoms with E-state index >= 15 is 0 Å². The summed E-state index contributed by atoms with van der Waals surface area (Å²) in [6.07, 6.45) is 1.49. The van der Waals surface area contributed by atoms with Gasteiger partial charge in [0.15, 0.2) is 5.78 Å². The van der Waals surface area contributed by atoms with Crippen LogP contribution in [0, 0.1) is 5.92 Å². The number of ketones is 1. The molecule has 0 aromatic heterocycles. The normalized spacial score (nSPS) is 26.3. The number of fused-ring (bicyclic) bond motifs is 1. The van der Waals surface area contributed by atoms with Gasteiger partial charge in [-0.2, -0.15) is 0 Å². The SMILES string of the molecule is CC1(C)CC2=C(c3ccccc3)C(=O)CC2CO1. The van der Waals surface area contributed by atoms with Gasteiger partial charge in [0.25, 0.3) is 0 Å². The van der Waals surface area contributed by atoms with Gasteiger partial charge in [-0.05, 0) is 25.8 Å². The molecule has 1 aliphatic heterocycles. The summed E-state index contributed by atoms with van der Waals surface area (Å²) < 4.78 is 5.83. The first kappa shape index (κ1) is 11.7. The third-order valence-electron chi connectivity index (χ3n) is 3.88. The number of rotatable bonds is 1. The van der Waals surface area contributed by atoms with Crippen molar-refractivity contribution in [2.24, 2.45) is 5.92 Å². The average Bonchev–Trinajstić information content (AvgIpc) is 2.64. The maximum Gasteiger partial charge on any atom is 0.164 e. The maximum atomic E-state index is 12.2. The van der Waals surface area contributed by atoms with Crippen molar-refractivity contribution in [1.29, 1.82) is 0 Å². The van der Waals surface area contributed by atoms with Crippen LogP contribution in [-0.4, -0.2) is 18.0 Å². The van der Waals surface area contributed by atoms with E-state index in [9.17, 15) is 4.79 Å². The van der Waals surface area contributed by atoms with E-state index in [1.165, 1.54) is 5.57 Å². The zero-order chi connectivity index (χ0) is 12.8. The lowest BCUT2D eigenvalue weighted by atomic mass is 9.86. The Hall–Kier alpha value is -1.41. The molecule has 94 valence electrons. The van der Waals surface area contributed by atoms with Crippen molar-refractivity contribution in [2.45, 2.75) is 32.3 Å². The van der Waals surface area contributed by atoms with Gasteiger partial charge in [-0.1, -0.05) is 35.9 Å². The molecule has 1 saturated heterocycles. The van der Waals surface area contributed by atoms with E-state index in [1.54, 1.807) is 0 Å². The van der Waals surface area contributed by atoms with Crippen LogP contribution in [0.5, 0.6) is 0 Å². The highest BCUT2D eigenvalue weighted by Crippen LogP contribution is 2.43. The van der Waals surface area contributed by atoms with E-state index < -0.39 is 0 Å². The van der Waals surface area contributed by atoms with Crippen molar-refractivity contribution in [3.05, 3.63) is 41.5 Å². The van der Waals surface area contributed by atoms with Gasteiger partial charge in [-0.25, -0.2) is 0 Å². The molecule has 1 heterocycles. The number of hydrogen-bond donors (Lipinski definition) is 0. The van der Waals surface area contributed by atoms with Crippen LogP contribution < -0.4 is 0 Å². The van der Waals surface area contributed by atoms with E-state index in [4.69, 9.17) is 4.74 Å². The summed E-state index contributed by atoms with van der Waals surface area (Å²) in [5, 5.41) is 0. The third kappa shape index (κ3) is 1.91. The van der Waals surface area contributed by atoms with Gasteiger partial charge in [0.05, 0.1) is 12.2 Å². The molecular formula is C16H18O2. The number of allylic oxidation sites excluding steroid dienone is 1. The summed E-state index contributed by atoms with van der Waals surface area (Å²) in [6.45, 7) is 4.88. The van der Waals surface area contributed by atoms with Crippen molar-refractivity contribution in [2.75, 3.05) is 6.61 Å². The van der Waals surface area contributed by atoms with E-state index in [2.05, 4.69) is 13.8 Å². The first-order chi connectivity index (χ1) is 8.57. The van der Waals surface area contributed by atoms with Gasteiger partial charge in [0.2, 0.25) is 0 Å². The van der Waals surface area contributed by atoms with Crippen molar-refractivity contribution in [3.63, 3.8) is 0 Å². The van der Waals surface area contributed by atoms with Gasteiger partial charge in [-0.15, -0.1) is 0 Å². The molecular weight excluding hydrogens is 224 g/mol. The smallest absolute Gasteiger partial charge is 0.164 e. The van der Waals surface area contributed by atoms with Gasteiger partial charge < -0.3 is 4.74 Å². The first-order valence-electron chi connectivity index (χ1n) is 6.52. The molecule has 0 spiro atoms. The monoisotopic (exact) mass is 242 g/mol. The van der Waals surface area contributed by atoms with Crippen molar-refractivity contribution in [1.82, 2.24) is 0 Å². The minimum absolute atomic E-state index is 0.142. The number of Topliss-reactive ketones (excluding diaryl/α,β-unsaturated/α-hetero) is 1. The highest BCUT2D eigenvalue weighted by molar-refractivity contribution is 6.24. The lowest BCUT2D eigenvalue weighted by molar-refractivity contribution is -0.114. The van der Waals surface area contributed by atoms with Crippen molar-refractivity contribution >= 4 is 11.4 Å². The highest BCUT2D eigenvalue weighted by Gasteiger charge is 2.40. The van der Waals surface area contributed by atoms with Gasteiger partial charge in [0.1, 0.15) is 0 Å². The summed E-state index contributed by atoms with van der Waals surface area (Å²) in [5.74, 6) is 0.586. The van der Waals surface area contributed by atoms with Crippen LogP contribution in [0.4, 0.5) is 0 Å². The topological polar surface area (TPSA) is 26.3 Å². The predicted molar refractivity (Wildman–Crippen MR) is 71.1 cm³/mol. The maximum absolute atomic E-state index is 12.2. The number of ether oxygens (including phenoxy) is 1. The van der Waals surface area contributed by atoms with E-state index in [-0.39, 0.29) is 11.4 Å². The van der Waals surface area contributed by atoms with Crippen LogP contribution >= 0.6 is 0 Å². The number of hydrogen-bond acceptors (Lipinski definition) is 2. The Kier molecular flexibility index (Phi) is 2.63. The van der Waals surface area contributed by atoms with Crippen molar-refractivity contribution < 1.29 is 9.53 Å². The Morgan fingerprint density at radius 3 is 2.67 bits per heavy atom. The fourth-order valence-electron chi connectivity index (χ4n) is 3.01. The highest BCUT2D eigenvalue weighted by atomic mass is 16.5. The lowest BCUT2D eigenvalue weighted by Gasteiger charge is -2.35. The second kappa shape index (κ2) is 4.06. The van der Waals surface area contributed by atoms with E-state index in [1.807, 2.05) is 30.3 Å². The van der Waals surface area contributed by atoms with Crippen LogP contribution in [-0.2, 0) is 9.53 Å². The lowest BCUT2D eigenvalue weighted by Crippen LogP contribution is -2.34. The van der Waals surface area contributed by atoms with Crippen LogP contribution in [0.15, 0.2) is 35.9 Å². The Balaban J connectivity index is 2.07. The van der Waals surface area contributed by atoms with Crippen LogP contribution in [0.2, 0.25) is 0 Å². The molecule has 2 heteroatoms. The molecule has 18 heavy (non-hydrogen) atoms. The number of benzene rings is 1. The molecule has 3 rings (SSSR count).